The van der Waals surface area contributed by atoms with Crippen molar-refractivity contribution in [3.8, 4) is 6.07 Å². The zero-order valence-corrected chi connectivity index (χ0v) is 11.1. The topological polar surface area (TPSA) is 93.4 Å². The molecule has 1 aliphatic heterocycles. The summed E-state index contributed by atoms with van der Waals surface area (Å²) in [6.45, 7) is 1.73. The van der Waals surface area contributed by atoms with E-state index in [1.807, 2.05) is 13.0 Å². The van der Waals surface area contributed by atoms with Crippen molar-refractivity contribution in [2.24, 2.45) is 0 Å². The van der Waals surface area contributed by atoms with Crippen LogP contribution in [-0.2, 0) is 16.2 Å². The van der Waals surface area contributed by atoms with E-state index < -0.39 is 6.04 Å². The van der Waals surface area contributed by atoms with E-state index >= 15 is 0 Å². The van der Waals surface area contributed by atoms with Crippen molar-refractivity contribution in [2.45, 2.75) is 26.0 Å². The van der Waals surface area contributed by atoms with Crippen LogP contribution in [0, 0.1) is 11.3 Å². The van der Waals surface area contributed by atoms with Gasteiger partial charge in [0.05, 0.1) is 24.4 Å². The summed E-state index contributed by atoms with van der Waals surface area (Å²) in [5.41, 5.74) is 1.50. The van der Waals surface area contributed by atoms with Crippen LogP contribution in [0.25, 0.3) is 0 Å². The normalized spacial score (nSPS) is 18.6. The second kappa shape index (κ2) is 5.72. The Morgan fingerprint density at radius 2 is 2.25 bits per heavy atom. The molecule has 1 unspecified atom stereocenters. The zero-order chi connectivity index (χ0) is 14.7. The molecule has 1 heterocycles. The highest BCUT2D eigenvalue weighted by atomic mass is 16.3. The Bertz CT molecular complexity index is 592. The van der Waals surface area contributed by atoms with Crippen molar-refractivity contribution >= 4 is 17.5 Å². The van der Waals surface area contributed by atoms with Crippen LogP contribution >= 0.6 is 0 Å². The van der Waals surface area contributed by atoms with Crippen LogP contribution in [0.5, 0.6) is 0 Å². The van der Waals surface area contributed by atoms with Crippen molar-refractivity contribution in [2.75, 3.05) is 11.4 Å². The van der Waals surface area contributed by atoms with Gasteiger partial charge in [0.2, 0.25) is 11.8 Å². The Morgan fingerprint density at radius 3 is 2.85 bits per heavy atom. The smallest absolute Gasteiger partial charge is 0.249 e. The number of carbonyl (C=O) groups is 2. The summed E-state index contributed by atoms with van der Waals surface area (Å²) in [5.74, 6) is -0.728. The average molecular weight is 273 g/mol. The lowest BCUT2D eigenvalue weighted by Crippen LogP contribution is -2.58. The molecule has 20 heavy (non-hydrogen) atoms. The lowest BCUT2D eigenvalue weighted by molar-refractivity contribution is -0.132. The van der Waals surface area contributed by atoms with E-state index in [4.69, 9.17) is 5.11 Å². The Labute approximate surface area is 116 Å². The SMILES string of the molecule is CCC1C(=O)NC(=O)CN1c1ccc(CO)cc1C#N. The van der Waals surface area contributed by atoms with Gasteiger partial charge in [0, 0.05) is 0 Å². The van der Waals surface area contributed by atoms with E-state index in [1.165, 1.54) is 0 Å². The van der Waals surface area contributed by atoms with Crippen molar-refractivity contribution in [3.05, 3.63) is 29.3 Å². The number of nitrogens with one attached hydrogen (secondary N) is 1. The minimum atomic E-state index is -0.472. The first-order valence-electron chi connectivity index (χ1n) is 6.35. The molecule has 1 fully saturated rings. The number of imide groups is 1. The minimum absolute atomic E-state index is 0.0391. The Morgan fingerprint density at radius 1 is 1.50 bits per heavy atom. The third-order valence-corrected chi connectivity index (χ3v) is 3.32. The molecule has 0 saturated carbocycles. The van der Waals surface area contributed by atoms with Gasteiger partial charge in [-0.1, -0.05) is 13.0 Å². The lowest BCUT2D eigenvalue weighted by atomic mass is 10.0. The molecule has 6 heteroatoms. The van der Waals surface area contributed by atoms with E-state index in [2.05, 4.69) is 5.32 Å². The number of benzene rings is 1. The molecule has 1 saturated heterocycles. The van der Waals surface area contributed by atoms with E-state index in [1.54, 1.807) is 23.1 Å². The van der Waals surface area contributed by atoms with E-state index in [9.17, 15) is 14.9 Å². The second-order valence-electron chi connectivity index (χ2n) is 4.59. The van der Waals surface area contributed by atoms with Gasteiger partial charge < -0.3 is 10.0 Å². The Balaban J connectivity index is 2.45. The van der Waals surface area contributed by atoms with Crippen molar-refractivity contribution < 1.29 is 14.7 Å². The summed E-state index contributed by atoms with van der Waals surface area (Å²) in [5, 5.41) is 20.6. The number of amides is 2. The van der Waals surface area contributed by atoms with E-state index in [-0.39, 0.29) is 25.0 Å². The third-order valence-electron chi connectivity index (χ3n) is 3.32. The molecule has 1 aromatic carbocycles. The highest BCUT2D eigenvalue weighted by Crippen LogP contribution is 2.26. The molecule has 104 valence electrons. The van der Waals surface area contributed by atoms with Crippen LogP contribution in [0.1, 0.15) is 24.5 Å². The second-order valence-corrected chi connectivity index (χ2v) is 4.59. The minimum Gasteiger partial charge on any atom is -0.392 e. The van der Waals surface area contributed by atoms with Crippen LogP contribution in [0.2, 0.25) is 0 Å². The first-order chi connectivity index (χ1) is 9.60. The number of aliphatic hydroxyl groups is 1. The monoisotopic (exact) mass is 273 g/mol. The highest BCUT2D eigenvalue weighted by molar-refractivity contribution is 6.04. The molecule has 2 N–H and O–H groups in total. The molecule has 0 aliphatic carbocycles. The quantitative estimate of drug-likeness (QED) is 0.772. The number of nitrogens with zero attached hydrogens (tertiary/aromatic N) is 2. The van der Waals surface area contributed by atoms with Crippen molar-refractivity contribution in [1.29, 1.82) is 5.26 Å². The molecule has 0 radical (unpaired) electrons. The summed E-state index contributed by atoms with van der Waals surface area (Å²) in [6, 6.07) is 6.49. The zero-order valence-electron chi connectivity index (χ0n) is 11.1. The molecule has 0 spiro atoms. The number of nitriles is 1. The predicted molar refractivity (Wildman–Crippen MR) is 71.7 cm³/mol. The number of anilines is 1. The maximum absolute atomic E-state index is 11.8. The molecule has 2 rings (SSSR count). The van der Waals surface area contributed by atoms with Crippen LogP contribution in [0.15, 0.2) is 18.2 Å². The first kappa shape index (κ1) is 14.0. The molecule has 0 aromatic heterocycles. The number of hydrogen-bond donors (Lipinski definition) is 2. The predicted octanol–water partition coefficient (Wildman–Crippen LogP) is 0.292. The van der Waals surface area contributed by atoms with Gasteiger partial charge in [-0.25, -0.2) is 0 Å². The Kier molecular flexibility index (Phi) is 4.01. The van der Waals surface area contributed by atoms with Crippen molar-refractivity contribution in [3.63, 3.8) is 0 Å². The van der Waals surface area contributed by atoms with Crippen LogP contribution in [-0.4, -0.2) is 29.5 Å². The fraction of sp³-hybridized carbons (Fsp3) is 0.357. The third kappa shape index (κ3) is 2.49. The number of hydrogen-bond acceptors (Lipinski definition) is 5. The van der Waals surface area contributed by atoms with Gasteiger partial charge in [-0.3, -0.25) is 14.9 Å². The molecule has 2 amide bonds. The molecule has 1 atom stereocenters. The Hall–Kier alpha value is -2.39. The van der Waals surface area contributed by atoms with Crippen molar-refractivity contribution in [1.82, 2.24) is 5.32 Å². The van der Waals surface area contributed by atoms with E-state index in [0.29, 0.717) is 23.2 Å². The van der Waals surface area contributed by atoms with Gasteiger partial charge in [0.15, 0.2) is 0 Å². The standard InChI is InChI=1S/C14H15N3O3/c1-2-11-14(20)16-13(19)7-17(11)12-4-3-9(8-18)5-10(12)6-15/h3-5,11,18H,2,7-8H2,1H3,(H,16,19,20). The number of carbonyl (C=O) groups excluding carboxylic acids is 2. The van der Waals surface area contributed by atoms with E-state index in [0.717, 1.165) is 0 Å². The molecule has 0 bridgehead atoms. The maximum Gasteiger partial charge on any atom is 0.249 e. The maximum atomic E-state index is 11.8. The molecular weight excluding hydrogens is 258 g/mol. The number of aliphatic hydroxyl groups excluding tert-OH is 1. The van der Waals surface area contributed by atoms with Gasteiger partial charge >= 0.3 is 0 Å². The first-order valence-corrected chi connectivity index (χ1v) is 6.35. The molecule has 1 aliphatic rings. The number of piperazine rings is 1. The number of rotatable bonds is 3. The lowest BCUT2D eigenvalue weighted by Gasteiger charge is -2.35. The largest absolute Gasteiger partial charge is 0.392 e. The fourth-order valence-corrected chi connectivity index (χ4v) is 2.35. The molecule has 1 aromatic rings. The summed E-state index contributed by atoms with van der Waals surface area (Å²) in [7, 11) is 0. The molecule has 6 nitrogen and oxygen atoms in total. The summed E-state index contributed by atoms with van der Waals surface area (Å²) < 4.78 is 0. The van der Waals surface area contributed by atoms with Gasteiger partial charge in [0.25, 0.3) is 0 Å². The van der Waals surface area contributed by atoms with Gasteiger partial charge in [0.1, 0.15) is 12.1 Å². The highest BCUT2D eigenvalue weighted by Gasteiger charge is 2.33. The van der Waals surface area contributed by atoms with Gasteiger partial charge in [-0.2, -0.15) is 5.26 Å². The average Bonchev–Trinajstić information content (AvgIpc) is 2.45. The molecular formula is C14H15N3O3. The van der Waals surface area contributed by atoms with Crippen LogP contribution in [0.4, 0.5) is 5.69 Å². The fourth-order valence-electron chi connectivity index (χ4n) is 2.35. The summed E-state index contributed by atoms with van der Waals surface area (Å²) in [4.78, 5) is 25.0. The van der Waals surface area contributed by atoms with Crippen LogP contribution < -0.4 is 10.2 Å². The van der Waals surface area contributed by atoms with Crippen LogP contribution in [0.3, 0.4) is 0 Å². The van der Waals surface area contributed by atoms with Gasteiger partial charge in [-0.05, 0) is 24.1 Å². The summed E-state index contributed by atoms with van der Waals surface area (Å²) >= 11 is 0. The summed E-state index contributed by atoms with van der Waals surface area (Å²) in [6.07, 6.45) is 0.533. The van der Waals surface area contributed by atoms with Gasteiger partial charge in [-0.15, -0.1) is 0 Å².